The molecule has 0 aromatic heterocycles. The topological polar surface area (TPSA) is 64.6 Å². The van der Waals surface area contributed by atoms with Gasteiger partial charge in [0.1, 0.15) is 0 Å². The summed E-state index contributed by atoms with van der Waals surface area (Å²) >= 11 is 3.25. The minimum Gasteiger partial charge on any atom is -0.493 e. The zero-order chi connectivity index (χ0) is 18.4. The van der Waals surface area contributed by atoms with E-state index in [1.165, 1.54) is 31.4 Å². The van der Waals surface area contributed by atoms with Crippen LogP contribution in [0, 0.1) is 0 Å². The maximum absolute atomic E-state index is 12.3. The maximum Gasteiger partial charge on any atom is 0.387 e. The second kappa shape index (κ2) is 8.59. The van der Waals surface area contributed by atoms with Gasteiger partial charge in [-0.3, -0.25) is 0 Å². The van der Waals surface area contributed by atoms with E-state index in [2.05, 4.69) is 25.4 Å². The molecule has 0 spiro atoms. The lowest BCUT2D eigenvalue weighted by atomic mass is 10.1. The zero-order valence-corrected chi connectivity index (χ0v) is 15.6. The average Bonchev–Trinajstić information content (AvgIpc) is 2.56. The molecule has 5 nitrogen and oxygen atoms in total. The van der Waals surface area contributed by atoms with Crippen molar-refractivity contribution < 1.29 is 26.7 Å². The highest BCUT2D eigenvalue weighted by Gasteiger charge is 2.14. The first-order valence-electron chi connectivity index (χ1n) is 7.19. The van der Waals surface area contributed by atoms with E-state index in [1.54, 1.807) is 18.2 Å². The Kier molecular flexibility index (Phi) is 6.74. The summed E-state index contributed by atoms with van der Waals surface area (Å²) in [7, 11) is -2.27. The highest BCUT2D eigenvalue weighted by atomic mass is 79.9. The van der Waals surface area contributed by atoms with Crippen molar-refractivity contribution in [2.75, 3.05) is 13.7 Å². The molecule has 0 saturated carbocycles. The third-order valence-corrected chi connectivity index (χ3v) is 5.28. The lowest BCUT2D eigenvalue weighted by Gasteiger charge is -2.12. The van der Waals surface area contributed by atoms with E-state index in [-0.39, 0.29) is 22.9 Å². The fourth-order valence-electron chi connectivity index (χ4n) is 2.09. The summed E-state index contributed by atoms with van der Waals surface area (Å²) < 4.78 is 61.6. The molecule has 0 heterocycles. The molecule has 0 saturated heterocycles. The molecule has 9 heteroatoms. The van der Waals surface area contributed by atoms with Gasteiger partial charge in [-0.25, -0.2) is 13.1 Å². The van der Waals surface area contributed by atoms with Crippen LogP contribution in [0.2, 0.25) is 0 Å². The van der Waals surface area contributed by atoms with E-state index in [4.69, 9.17) is 4.74 Å². The number of sulfonamides is 1. The number of benzene rings is 2. The van der Waals surface area contributed by atoms with Crippen molar-refractivity contribution in [3.63, 3.8) is 0 Å². The van der Waals surface area contributed by atoms with Gasteiger partial charge in [-0.15, -0.1) is 0 Å². The lowest BCUT2D eigenvalue weighted by Crippen LogP contribution is -2.26. The number of rotatable bonds is 8. The molecule has 1 N–H and O–H groups in total. The number of hydrogen-bond acceptors (Lipinski definition) is 4. The monoisotopic (exact) mass is 435 g/mol. The van der Waals surface area contributed by atoms with Gasteiger partial charge >= 0.3 is 6.61 Å². The zero-order valence-electron chi connectivity index (χ0n) is 13.2. The van der Waals surface area contributed by atoms with E-state index in [9.17, 15) is 17.2 Å². The SMILES string of the molecule is COc1cc(CCNS(=O)(=O)c2ccc(Br)cc2)ccc1OC(F)F. The van der Waals surface area contributed by atoms with E-state index in [0.717, 1.165) is 10.0 Å². The fraction of sp³-hybridized carbons (Fsp3) is 0.250. The van der Waals surface area contributed by atoms with Crippen LogP contribution in [-0.2, 0) is 16.4 Å². The molecule has 0 aliphatic heterocycles. The van der Waals surface area contributed by atoms with E-state index in [0.29, 0.717) is 6.42 Å². The van der Waals surface area contributed by atoms with E-state index < -0.39 is 16.6 Å². The second-order valence-electron chi connectivity index (χ2n) is 4.97. The van der Waals surface area contributed by atoms with Crippen molar-refractivity contribution in [2.45, 2.75) is 17.9 Å². The van der Waals surface area contributed by atoms with Crippen molar-refractivity contribution in [2.24, 2.45) is 0 Å². The molecule has 0 atom stereocenters. The van der Waals surface area contributed by atoms with Crippen LogP contribution < -0.4 is 14.2 Å². The maximum atomic E-state index is 12.3. The third-order valence-electron chi connectivity index (χ3n) is 3.27. The van der Waals surface area contributed by atoms with Crippen LogP contribution in [0.5, 0.6) is 11.5 Å². The van der Waals surface area contributed by atoms with E-state index in [1.807, 2.05) is 0 Å². The second-order valence-corrected chi connectivity index (χ2v) is 7.65. The Morgan fingerprint density at radius 2 is 1.80 bits per heavy atom. The van der Waals surface area contributed by atoms with E-state index >= 15 is 0 Å². The Morgan fingerprint density at radius 1 is 1.12 bits per heavy atom. The van der Waals surface area contributed by atoms with Crippen molar-refractivity contribution in [3.8, 4) is 11.5 Å². The molecule has 0 fully saturated rings. The van der Waals surface area contributed by atoms with Crippen LogP contribution in [0.15, 0.2) is 51.8 Å². The molecule has 25 heavy (non-hydrogen) atoms. The molecule has 0 aliphatic rings. The Morgan fingerprint density at radius 3 is 2.40 bits per heavy atom. The summed E-state index contributed by atoms with van der Waals surface area (Å²) in [4.78, 5) is 0.161. The molecule has 136 valence electrons. The van der Waals surface area contributed by atoms with Crippen LogP contribution in [0.1, 0.15) is 5.56 Å². The molecule has 0 radical (unpaired) electrons. The van der Waals surface area contributed by atoms with Gasteiger partial charge in [0.05, 0.1) is 12.0 Å². The molecular weight excluding hydrogens is 420 g/mol. The molecule has 2 rings (SSSR count). The summed E-state index contributed by atoms with van der Waals surface area (Å²) in [6, 6.07) is 10.7. The first kappa shape index (κ1) is 19.6. The lowest BCUT2D eigenvalue weighted by molar-refractivity contribution is -0.0512. The average molecular weight is 436 g/mol. The first-order valence-corrected chi connectivity index (χ1v) is 9.46. The first-order chi connectivity index (χ1) is 11.8. The fourth-order valence-corrected chi connectivity index (χ4v) is 3.38. The van der Waals surface area contributed by atoms with Crippen molar-refractivity contribution in [1.29, 1.82) is 0 Å². The summed E-state index contributed by atoms with van der Waals surface area (Å²) in [5.41, 5.74) is 0.719. The summed E-state index contributed by atoms with van der Waals surface area (Å²) in [6.07, 6.45) is 0.362. The van der Waals surface area contributed by atoms with Gasteiger partial charge < -0.3 is 9.47 Å². The van der Waals surface area contributed by atoms with Gasteiger partial charge in [0.25, 0.3) is 0 Å². The van der Waals surface area contributed by atoms with Crippen LogP contribution in [-0.4, -0.2) is 28.7 Å². The van der Waals surface area contributed by atoms with Gasteiger partial charge in [0, 0.05) is 11.0 Å². The molecule has 2 aromatic rings. The number of methoxy groups -OCH3 is 1. The minimum atomic E-state index is -3.61. The smallest absolute Gasteiger partial charge is 0.387 e. The number of alkyl halides is 2. The van der Waals surface area contributed by atoms with Crippen LogP contribution in [0.3, 0.4) is 0 Å². The highest BCUT2D eigenvalue weighted by molar-refractivity contribution is 9.10. The molecule has 0 amide bonds. The van der Waals surface area contributed by atoms with Crippen molar-refractivity contribution in [1.82, 2.24) is 4.72 Å². The molecule has 2 aromatic carbocycles. The number of nitrogens with one attached hydrogen (secondary N) is 1. The molecule has 0 unspecified atom stereocenters. The number of hydrogen-bond donors (Lipinski definition) is 1. The third kappa shape index (κ3) is 5.65. The molecular formula is C16H16BrF2NO4S. The summed E-state index contributed by atoms with van der Waals surface area (Å²) in [5, 5.41) is 0. The van der Waals surface area contributed by atoms with Crippen molar-refractivity contribution in [3.05, 3.63) is 52.5 Å². The summed E-state index contributed by atoms with van der Waals surface area (Å²) in [6.45, 7) is -2.80. The Hall–Kier alpha value is -1.71. The number of halogens is 3. The van der Waals surface area contributed by atoms with Crippen LogP contribution >= 0.6 is 15.9 Å². The van der Waals surface area contributed by atoms with Gasteiger partial charge in [-0.1, -0.05) is 22.0 Å². The minimum absolute atomic E-state index is 0.0725. The molecule has 0 bridgehead atoms. The van der Waals surface area contributed by atoms with Gasteiger partial charge in [0.2, 0.25) is 10.0 Å². The Labute approximate surface area is 153 Å². The van der Waals surface area contributed by atoms with Crippen LogP contribution in [0.25, 0.3) is 0 Å². The standard InChI is InChI=1S/C16H16BrF2NO4S/c1-23-15-10-11(2-7-14(15)24-16(18)19)8-9-20-25(21,22)13-5-3-12(17)4-6-13/h2-7,10,16,20H,8-9H2,1H3. The Balaban J connectivity index is 2.00. The van der Waals surface area contributed by atoms with Crippen molar-refractivity contribution >= 4 is 26.0 Å². The normalized spacial score (nSPS) is 11.6. The van der Waals surface area contributed by atoms with Gasteiger partial charge in [-0.05, 0) is 48.4 Å². The number of ether oxygens (including phenoxy) is 2. The van der Waals surface area contributed by atoms with Gasteiger partial charge in [0.15, 0.2) is 11.5 Å². The highest BCUT2D eigenvalue weighted by Crippen LogP contribution is 2.29. The molecule has 0 aliphatic carbocycles. The predicted molar refractivity (Wildman–Crippen MR) is 92.7 cm³/mol. The predicted octanol–water partition coefficient (Wildman–Crippen LogP) is 3.58. The largest absolute Gasteiger partial charge is 0.493 e. The van der Waals surface area contributed by atoms with Gasteiger partial charge in [-0.2, -0.15) is 8.78 Å². The Bertz CT molecular complexity index is 813. The van der Waals surface area contributed by atoms with Crippen LogP contribution in [0.4, 0.5) is 8.78 Å². The summed E-state index contributed by atoms with van der Waals surface area (Å²) in [5.74, 6) is 0.0882. The quantitative estimate of drug-likeness (QED) is 0.687.